The number of imidazole rings is 1. The normalized spacial score (nSPS) is 10.8. The van der Waals surface area contributed by atoms with Gasteiger partial charge in [-0.3, -0.25) is 0 Å². The number of aromatic amines is 2. The topological polar surface area (TPSA) is 31.6 Å². The van der Waals surface area contributed by atoms with Gasteiger partial charge in [0, 0.05) is 18.3 Å². The van der Waals surface area contributed by atoms with Gasteiger partial charge in [-0.15, -0.1) is 0 Å². The van der Waals surface area contributed by atoms with Crippen LogP contribution in [0, 0.1) is 4.77 Å². The molecule has 1 aromatic heterocycles. The number of hydrogen-bond acceptors (Lipinski definition) is 1. The summed E-state index contributed by atoms with van der Waals surface area (Å²) in [6.45, 7) is 0. The van der Waals surface area contributed by atoms with Crippen molar-refractivity contribution in [1.82, 2.24) is 9.97 Å². The minimum absolute atomic E-state index is 0.681. The fraction of sp³-hybridized carbons (Fsp3) is 0.0714. The first kappa shape index (κ1) is 10.3. The molecule has 0 aliphatic carbocycles. The molecular weight excluding hydrogens is 228 g/mol. The van der Waals surface area contributed by atoms with Crippen LogP contribution >= 0.6 is 12.2 Å². The maximum absolute atomic E-state index is 5.03. The van der Waals surface area contributed by atoms with Gasteiger partial charge in [0.05, 0.1) is 0 Å². The van der Waals surface area contributed by atoms with Crippen LogP contribution in [0.15, 0.2) is 48.7 Å². The molecule has 2 aromatic carbocycles. The summed E-state index contributed by atoms with van der Waals surface area (Å²) in [7, 11) is 0. The van der Waals surface area contributed by atoms with E-state index in [1.165, 1.54) is 16.3 Å². The maximum Gasteiger partial charge on any atom is 0.174 e. The highest BCUT2D eigenvalue weighted by Crippen LogP contribution is 2.20. The molecular formula is C14H12N2S. The summed E-state index contributed by atoms with van der Waals surface area (Å²) >= 11 is 5.03. The highest BCUT2D eigenvalue weighted by molar-refractivity contribution is 7.71. The third-order valence-electron chi connectivity index (χ3n) is 2.91. The Morgan fingerprint density at radius 1 is 1.00 bits per heavy atom. The minimum atomic E-state index is 0.681. The van der Waals surface area contributed by atoms with Gasteiger partial charge in [-0.2, -0.15) is 0 Å². The average molecular weight is 240 g/mol. The molecule has 0 spiro atoms. The average Bonchev–Trinajstić information content (AvgIpc) is 2.75. The number of H-pyrrole nitrogens is 2. The lowest BCUT2D eigenvalue weighted by atomic mass is 10.0. The first-order valence-electron chi connectivity index (χ1n) is 5.56. The lowest BCUT2D eigenvalue weighted by molar-refractivity contribution is 1.11. The van der Waals surface area contributed by atoms with Gasteiger partial charge >= 0.3 is 0 Å². The Hall–Kier alpha value is -1.87. The molecule has 0 saturated carbocycles. The van der Waals surface area contributed by atoms with Crippen LogP contribution in [0.25, 0.3) is 10.8 Å². The molecule has 0 bridgehead atoms. The van der Waals surface area contributed by atoms with Gasteiger partial charge in [0.25, 0.3) is 0 Å². The van der Waals surface area contributed by atoms with E-state index in [1.54, 1.807) is 0 Å². The third-order valence-corrected chi connectivity index (χ3v) is 3.13. The fourth-order valence-electron chi connectivity index (χ4n) is 2.12. The minimum Gasteiger partial charge on any atom is -0.337 e. The van der Waals surface area contributed by atoms with Crippen LogP contribution in [0.2, 0.25) is 0 Å². The molecule has 0 saturated heterocycles. The second kappa shape index (κ2) is 4.18. The fourth-order valence-corrected chi connectivity index (χ4v) is 2.31. The molecule has 0 fully saturated rings. The number of nitrogens with one attached hydrogen (secondary N) is 2. The van der Waals surface area contributed by atoms with Crippen molar-refractivity contribution in [2.75, 3.05) is 0 Å². The summed E-state index contributed by atoms with van der Waals surface area (Å²) in [5.41, 5.74) is 2.43. The monoisotopic (exact) mass is 240 g/mol. The molecule has 0 atom stereocenters. The van der Waals surface area contributed by atoms with Crippen LogP contribution in [-0.4, -0.2) is 9.97 Å². The van der Waals surface area contributed by atoms with Crippen molar-refractivity contribution in [1.29, 1.82) is 0 Å². The van der Waals surface area contributed by atoms with Crippen molar-refractivity contribution in [3.8, 4) is 0 Å². The quantitative estimate of drug-likeness (QED) is 0.656. The van der Waals surface area contributed by atoms with Gasteiger partial charge in [0.1, 0.15) is 0 Å². The van der Waals surface area contributed by atoms with Gasteiger partial charge in [-0.1, -0.05) is 42.5 Å². The lowest BCUT2D eigenvalue weighted by Gasteiger charge is -2.04. The van der Waals surface area contributed by atoms with Crippen LogP contribution in [0.3, 0.4) is 0 Å². The summed E-state index contributed by atoms with van der Waals surface area (Å²) in [6, 6.07) is 14.8. The van der Waals surface area contributed by atoms with E-state index in [0.29, 0.717) is 4.77 Å². The molecule has 3 rings (SSSR count). The standard InChI is InChI=1S/C14H12N2S/c17-14-15-9-12(16-14)8-11-6-3-5-10-4-1-2-7-13(10)11/h1-7,9H,8H2,(H2,15,16,17). The van der Waals surface area contributed by atoms with E-state index in [2.05, 4.69) is 52.4 Å². The molecule has 84 valence electrons. The molecule has 3 aromatic rings. The van der Waals surface area contributed by atoms with Crippen molar-refractivity contribution in [3.05, 3.63) is 64.7 Å². The zero-order valence-electron chi connectivity index (χ0n) is 9.23. The Morgan fingerprint density at radius 3 is 2.65 bits per heavy atom. The molecule has 2 nitrogen and oxygen atoms in total. The zero-order valence-corrected chi connectivity index (χ0v) is 10.1. The SMILES string of the molecule is S=c1[nH]cc(Cc2cccc3ccccc23)[nH]1. The zero-order chi connectivity index (χ0) is 11.7. The second-order valence-electron chi connectivity index (χ2n) is 4.08. The Morgan fingerprint density at radius 2 is 1.82 bits per heavy atom. The number of fused-ring (bicyclic) bond motifs is 1. The predicted molar refractivity (Wildman–Crippen MR) is 72.7 cm³/mol. The molecule has 2 N–H and O–H groups in total. The highest BCUT2D eigenvalue weighted by atomic mass is 32.1. The van der Waals surface area contributed by atoms with Gasteiger partial charge in [0.2, 0.25) is 0 Å². The molecule has 0 aliphatic heterocycles. The molecule has 1 heterocycles. The summed E-state index contributed by atoms with van der Waals surface area (Å²) in [6.07, 6.45) is 2.80. The Balaban J connectivity index is 2.08. The summed E-state index contributed by atoms with van der Waals surface area (Å²) in [5.74, 6) is 0. The number of rotatable bonds is 2. The number of hydrogen-bond donors (Lipinski definition) is 2. The van der Waals surface area contributed by atoms with E-state index < -0.39 is 0 Å². The van der Waals surface area contributed by atoms with Crippen molar-refractivity contribution in [2.45, 2.75) is 6.42 Å². The number of aromatic nitrogens is 2. The van der Waals surface area contributed by atoms with Crippen LogP contribution in [-0.2, 0) is 6.42 Å². The third kappa shape index (κ3) is 2.01. The van der Waals surface area contributed by atoms with Gasteiger partial charge in [0.15, 0.2) is 4.77 Å². The van der Waals surface area contributed by atoms with Crippen LogP contribution < -0.4 is 0 Å². The maximum atomic E-state index is 5.03. The predicted octanol–water partition coefficient (Wildman–Crippen LogP) is 3.82. The first-order chi connectivity index (χ1) is 8.33. The largest absolute Gasteiger partial charge is 0.337 e. The highest BCUT2D eigenvalue weighted by Gasteiger charge is 2.02. The van der Waals surface area contributed by atoms with E-state index in [-0.39, 0.29) is 0 Å². The van der Waals surface area contributed by atoms with E-state index in [9.17, 15) is 0 Å². The van der Waals surface area contributed by atoms with E-state index in [0.717, 1.165) is 12.1 Å². The molecule has 0 aliphatic rings. The van der Waals surface area contributed by atoms with Crippen molar-refractivity contribution in [3.63, 3.8) is 0 Å². The summed E-state index contributed by atoms with van der Waals surface area (Å²) < 4.78 is 0.681. The molecule has 3 heteroatoms. The number of benzene rings is 2. The van der Waals surface area contributed by atoms with Crippen LogP contribution in [0.1, 0.15) is 11.3 Å². The van der Waals surface area contributed by atoms with Gasteiger partial charge < -0.3 is 9.97 Å². The van der Waals surface area contributed by atoms with Crippen LogP contribution in [0.4, 0.5) is 0 Å². The lowest BCUT2D eigenvalue weighted by Crippen LogP contribution is -1.89. The van der Waals surface area contributed by atoms with Crippen molar-refractivity contribution >= 4 is 23.0 Å². The van der Waals surface area contributed by atoms with Crippen molar-refractivity contribution < 1.29 is 0 Å². The second-order valence-corrected chi connectivity index (χ2v) is 4.49. The van der Waals surface area contributed by atoms with E-state index >= 15 is 0 Å². The van der Waals surface area contributed by atoms with Gasteiger partial charge in [-0.25, -0.2) is 0 Å². The first-order valence-corrected chi connectivity index (χ1v) is 5.97. The summed E-state index contributed by atoms with van der Waals surface area (Å²) in [5, 5.41) is 2.58. The Labute approximate surface area is 104 Å². The smallest absolute Gasteiger partial charge is 0.174 e. The Kier molecular flexibility index (Phi) is 2.53. The van der Waals surface area contributed by atoms with E-state index in [4.69, 9.17) is 12.2 Å². The van der Waals surface area contributed by atoms with E-state index in [1.807, 2.05) is 6.20 Å². The summed E-state index contributed by atoms with van der Waals surface area (Å²) in [4.78, 5) is 6.14. The molecule has 0 unspecified atom stereocenters. The molecule has 0 radical (unpaired) electrons. The Bertz CT molecular complexity index is 704. The molecule has 17 heavy (non-hydrogen) atoms. The van der Waals surface area contributed by atoms with Crippen LogP contribution in [0.5, 0.6) is 0 Å². The molecule has 0 amide bonds. The van der Waals surface area contributed by atoms with Gasteiger partial charge in [-0.05, 0) is 28.6 Å². The van der Waals surface area contributed by atoms with Crippen molar-refractivity contribution in [2.24, 2.45) is 0 Å².